The van der Waals surface area contributed by atoms with Crippen LogP contribution in [0.2, 0.25) is 0 Å². The minimum atomic E-state index is -6.54. The van der Waals surface area contributed by atoms with Crippen molar-refractivity contribution in [2.24, 2.45) is 23.7 Å². The fourth-order valence-corrected chi connectivity index (χ4v) is 8.71. The summed E-state index contributed by atoms with van der Waals surface area (Å²) in [6.45, 7) is 3.23. The van der Waals surface area contributed by atoms with Crippen LogP contribution in [-0.2, 0) is 29.2 Å². The Morgan fingerprint density at radius 3 is 1.96 bits per heavy atom. The lowest BCUT2D eigenvalue weighted by molar-refractivity contribution is -0.362. The third kappa shape index (κ3) is 5.10. The average molecular weight is 688 g/mol. The van der Waals surface area contributed by atoms with Crippen molar-refractivity contribution in [1.29, 1.82) is 0 Å². The maximum absolute atomic E-state index is 14.0. The van der Waals surface area contributed by atoms with Crippen molar-refractivity contribution in [3.8, 4) is 0 Å². The number of hydrogen-bond donors (Lipinski definition) is 1. The lowest BCUT2D eigenvalue weighted by Gasteiger charge is -2.38. The normalized spacial score (nSPS) is 26.1. The average Bonchev–Trinajstić information content (AvgIpc) is 3.56. The molecule has 16 heteroatoms. The predicted octanol–water partition coefficient (Wildman–Crippen LogP) is 5.31. The van der Waals surface area contributed by atoms with Crippen molar-refractivity contribution in [2.45, 2.75) is 56.4 Å². The van der Waals surface area contributed by atoms with E-state index in [0.29, 0.717) is 21.5 Å². The molecule has 1 aliphatic heterocycles. The summed E-state index contributed by atoms with van der Waals surface area (Å²) in [5, 5.41) is 2.37. The highest BCUT2D eigenvalue weighted by Gasteiger charge is 2.78. The van der Waals surface area contributed by atoms with E-state index in [-0.39, 0.29) is 12.0 Å². The molecule has 0 spiro atoms. The Hall–Kier alpha value is -3.92. The highest BCUT2D eigenvalue weighted by molar-refractivity contribution is 7.85. The number of hydrogen-bond acceptors (Lipinski definition) is 7. The van der Waals surface area contributed by atoms with Crippen LogP contribution in [0.3, 0.4) is 0 Å². The zero-order valence-corrected chi connectivity index (χ0v) is 25.4. The molecule has 0 radical (unpaired) electrons. The number of nitrogens with zero attached hydrogens (tertiary/aromatic N) is 1. The zero-order valence-electron chi connectivity index (χ0n) is 24.6. The predicted molar refractivity (Wildman–Crippen MR) is 152 cm³/mol. The molecule has 1 heterocycles. The summed E-state index contributed by atoms with van der Waals surface area (Å²) in [5.41, 5.74) is -5.50. The Morgan fingerprint density at radius 2 is 1.47 bits per heavy atom. The fraction of sp³-hybridized carbons (Fsp3) is 0.452. The molecule has 3 aliphatic rings. The van der Waals surface area contributed by atoms with Gasteiger partial charge >= 0.3 is 29.9 Å². The SMILES string of the molecule is CC(C)N1C(=O)C2C3CC(C(OC(=O)c4c5ccccc5cc5ccccc45)C31)C2C(=O)OC(CS(=O)(=O)O)(C(F)(F)F)C(F)(F)F. The molecule has 3 aromatic rings. The molecule has 9 nitrogen and oxygen atoms in total. The number of alkyl halides is 6. The molecule has 252 valence electrons. The molecule has 47 heavy (non-hydrogen) atoms. The first-order valence-electron chi connectivity index (χ1n) is 14.5. The maximum atomic E-state index is 14.0. The van der Waals surface area contributed by atoms with Crippen LogP contribution in [0.15, 0.2) is 54.6 Å². The van der Waals surface area contributed by atoms with Crippen LogP contribution in [0, 0.1) is 23.7 Å². The highest BCUT2D eigenvalue weighted by Crippen LogP contribution is 2.61. The number of carbonyl (C=O) groups is 3. The first kappa shape index (κ1) is 33.0. The molecule has 1 N–H and O–H groups in total. The van der Waals surface area contributed by atoms with Crippen molar-refractivity contribution in [3.63, 3.8) is 0 Å². The lowest BCUT2D eigenvalue weighted by atomic mass is 9.78. The molecule has 3 fully saturated rings. The standard InChI is InChI=1S/C31H27F6NO8S/c1-14(2)38-24-19-12-20(25(24)45-27(40)21-17-9-5-3-7-15(17)11-16-8-4-6-10-18(16)21)23(22(19)26(38)39)28(41)46-29(30(32,33)34,31(35,36)37)13-47(42,43)44/h3-11,14,19-20,22-25H,12-13H2,1-2H3,(H,42,43,44). The van der Waals surface area contributed by atoms with Gasteiger partial charge in [-0.3, -0.25) is 14.1 Å². The van der Waals surface area contributed by atoms with Crippen molar-refractivity contribution >= 4 is 49.5 Å². The quantitative estimate of drug-likeness (QED) is 0.153. The number of amides is 1. The van der Waals surface area contributed by atoms with E-state index in [1.807, 2.05) is 6.07 Å². The van der Waals surface area contributed by atoms with Crippen molar-refractivity contribution in [3.05, 3.63) is 60.2 Å². The van der Waals surface area contributed by atoms with Gasteiger partial charge in [0.2, 0.25) is 5.91 Å². The zero-order chi connectivity index (χ0) is 34.4. The van der Waals surface area contributed by atoms with Gasteiger partial charge in [-0.05, 0) is 53.8 Å². The van der Waals surface area contributed by atoms with E-state index < -0.39 is 93.5 Å². The van der Waals surface area contributed by atoms with Gasteiger partial charge in [-0.1, -0.05) is 48.5 Å². The second kappa shape index (κ2) is 10.8. The van der Waals surface area contributed by atoms with Gasteiger partial charge in [-0.25, -0.2) is 4.79 Å². The van der Waals surface area contributed by atoms with Crippen LogP contribution in [0.1, 0.15) is 30.6 Å². The number of ether oxygens (including phenoxy) is 2. The van der Waals surface area contributed by atoms with E-state index in [0.717, 1.165) is 0 Å². The molecule has 0 aromatic heterocycles. The van der Waals surface area contributed by atoms with Gasteiger partial charge in [0, 0.05) is 12.0 Å². The number of benzene rings is 3. The molecular formula is C31H27F6NO8S. The molecule has 1 saturated heterocycles. The topological polar surface area (TPSA) is 127 Å². The van der Waals surface area contributed by atoms with Crippen LogP contribution < -0.4 is 0 Å². The minimum Gasteiger partial charge on any atom is -0.456 e. The van der Waals surface area contributed by atoms with Gasteiger partial charge in [-0.15, -0.1) is 0 Å². The van der Waals surface area contributed by atoms with Crippen LogP contribution in [0.4, 0.5) is 26.3 Å². The summed E-state index contributed by atoms with van der Waals surface area (Å²) in [7, 11) is -6.02. The third-order valence-corrected chi connectivity index (χ3v) is 10.3. The third-order valence-electron chi connectivity index (χ3n) is 9.54. The number of carbonyl (C=O) groups excluding carboxylic acids is 3. The molecule has 6 unspecified atom stereocenters. The molecule has 6 atom stereocenters. The van der Waals surface area contributed by atoms with Crippen LogP contribution in [-0.4, -0.2) is 77.6 Å². The Kier molecular flexibility index (Phi) is 7.58. The monoisotopic (exact) mass is 687 g/mol. The highest BCUT2D eigenvalue weighted by atomic mass is 32.2. The summed E-state index contributed by atoms with van der Waals surface area (Å²) >= 11 is 0. The maximum Gasteiger partial charge on any atom is 0.438 e. The van der Waals surface area contributed by atoms with Gasteiger partial charge in [0.15, 0.2) is 0 Å². The summed E-state index contributed by atoms with van der Waals surface area (Å²) in [6, 6.07) is 14.3. The number of likely N-dealkylation sites (tertiary alicyclic amines) is 1. The smallest absolute Gasteiger partial charge is 0.438 e. The summed E-state index contributed by atoms with van der Waals surface area (Å²) in [4.78, 5) is 42.4. The van der Waals surface area contributed by atoms with Crippen LogP contribution in [0.25, 0.3) is 21.5 Å². The van der Waals surface area contributed by atoms with Gasteiger partial charge in [-0.2, -0.15) is 34.8 Å². The number of esters is 2. The minimum absolute atomic E-state index is 0.0678. The van der Waals surface area contributed by atoms with E-state index >= 15 is 0 Å². The number of halogens is 6. The van der Waals surface area contributed by atoms with E-state index in [4.69, 9.17) is 9.29 Å². The molecule has 2 bridgehead atoms. The molecule has 3 aromatic carbocycles. The largest absolute Gasteiger partial charge is 0.456 e. The Bertz CT molecular complexity index is 1840. The van der Waals surface area contributed by atoms with E-state index in [9.17, 15) is 49.1 Å². The van der Waals surface area contributed by atoms with E-state index in [1.54, 1.807) is 62.4 Å². The van der Waals surface area contributed by atoms with Crippen molar-refractivity contribution in [1.82, 2.24) is 4.90 Å². The second-order valence-corrected chi connectivity index (χ2v) is 13.9. The van der Waals surface area contributed by atoms with Crippen molar-refractivity contribution < 1.29 is 63.2 Å². The summed E-state index contributed by atoms with van der Waals surface area (Å²) in [6.07, 6.45) is -14.5. The van der Waals surface area contributed by atoms with Crippen LogP contribution >= 0.6 is 0 Å². The first-order chi connectivity index (χ1) is 21.8. The van der Waals surface area contributed by atoms with Gasteiger partial charge in [0.25, 0.3) is 10.1 Å². The van der Waals surface area contributed by atoms with Gasteiger partial charge in [0.1, 0.15) is 11.9 Å². The molecule has 6 rings (SSSR count). The van der Waals surface area contributed by atoms with Crippen molar-refractivity contribution in [2.75, 3.05) is 5.75 Å². The van der Waals surface area contributed by atoms with E-state index in [2.05, 4.69) is 4.74 Å². The van der Waals surface area contributed by atoms with Crippen LogP contribution in [0.5, 0.6) is 0 Å². The Morgan fingerprint density at radius 1 is 0.936 bits per heavy atom. The number of fused-ring (bicyclic) bond motifs is 3. The Balaban J connectivity index is 1.42. The second-order valence-electron chi connectivity index (χ2n) is 12.5. The fourth-order valence-electron chi connectivity index (χ4n) is 7.81. The molecule has 2 saturated carbocycles. The number of rotatable bonds is 7. The Labute approximate surface area is 263 Å². The first-order valence-corrected chi connectivity index (χ1v) is 16.1. The van der Waals surface area contributed by atoms with Gasteiger partial charge < -0.3 is 14.4 Å². The molecule has 2 aliphatic carbocycles. The summed E-state index contributed by atoms with van der Waals surface area (Å²) < 4.78 is 126. The molecule has 1 amide bonds. The van der Waals surface area contributed by atoms with Gasteiger partial charge in [0.05, 0.1) is 23.4 Å². The molecular weight excluding hydrogens is 660 g/mol. The van der Waals surface area contributed by atoms with E-state index in [1.165, 1.54) is 4.90 Å². The lowest BCUT2D eigenvalue weighted by Crippen LogP contribution is -2.64. The summed E-state index contributed by atoms with van der Waals surface area (Å²) in [5.74, 6) is -12.2.